The lowest BCUT2D eigenvalue weighted by Crippen LogP contribution is -2.46. The van der Waals surface area contributed by atoms with E-state index in [2.05, 4.69) is 52.4 Å². The summed E-state index contributed by atoms with van der Waals surface area (Å²) in [5.74, 6) is -0.141. The fourth-order valence-electron chi connectivity index (χ4n) is 4.13. The molecular weight excluding hydrogens is 518 g/mol. The molecule has 174 valence electrons. The average molecular weight is 541 g/mol. The van der Waals surface area contributed by atoms with Crippen molar-refractivity contribution in [2.24, 2.45) is 0 Å². The molecule has 1 N–H and O–H groups in total. The van der Waals surface area contributed by atoms with Crippen LogP contribution >= 0.6 is 27.5 Å². The van der Waals surface area contributed by atoms with Gasteiger partial charge in [0.25, 0.3) is 0 Å². The van der Waals surface area contributed by atoms with Crippen molar-refractivity contribution in [1.29, 1.82) is 0 Å². The van der Waals surface area contributed by atoms with E-state index in [9.17, 15) is 4.79 Å². The van der Waals surface area contributed by atoms with Crippen molar-refractivity contribution in [2.75, 3.05) is 36.4 Å². The molecular formula is C24H23BrClN7O. The zero-order chi connectivity index (χ0) is 23.5. The number of hydrogen-bond acceptors (Lipinski definition) is 6. The molecule has 0 unspecified atom stereocenters. The fourth-order valence-corrected chi connectivity index (χ4v) is 4.56. The Morgan fingerprint density at radius 1 is 1.06 bits per heavy atom. The molecule has 0 bridgehead atoms. The van der Waals surface area contributed by atoms with E-state index in [4.69, 9.17) is 11.6 Å². The molecule has 8 nitrogen and oxygen atoms in total. The Labute approximate surface area is 210 Å². The van der Waals surface area contributed by atoms with Crippen molar-refractivity contribution in [2.45, 2.75) is 13.1 Å². The van der Waals surface area contributed by atoms with Gasteiger partial charge in [0.1, 0.15) is 6.54 Å². The first-order chi connectivity index (χ1) is 16.5. The second kappa shape index (κ2) is 10.1. The highest BCUT2D eigenvalue weighted by atomic mass is 79.9. The Bertz CT molecular complexity index is 1300. The van der Waals surface area contributed by atoms with E-state index in [-0.39, 0.29) is 12.5 Å². The van der Waals surface area contributed by atoms with E-state index < -0.39 is 0 Å². The Morgan fingerprint density at radius 3 is 2.65 bits per heavy atom. The number of hydrogen-bond donors (Lipinski definition) is 1. The number of piperazine rings is 1. The second-order valence-corrected chi connectivity index (χ2v) is 9.57. The summed E-state index contributed by atoms with van der Waals surface area (Å²) in [4.78, 5) is 21.5. The summed E-state index contributed by atoms with van der Waals surface area (Å²) in [5, 5.41) is 13.1. The summed E-state index contributed by atoms with van der Waals surface area (Å²) in [5.41, 5.74) is 3.70. The predicted molar refractivity (Wildman–Crippen MR) is 137 cm³/mol. The van der Waals surface area contributed by atoms with Gasteiger partial charge in [-0.3, -0.25) is 14.7 Å². The SMILES string of the molecule is O=C(Cn1cc(CN2CCN(c3ccnc4cc(Cl)ccc34)CC2)nn1)Nc1ccc(Br)cc1. The average Bonchev–Trinajstić information content (AvgIpc) is 3.27. The molecule has 2 aromatic heterocycles. The first kappa shape index (κ1) is 22.8. The Hall–Kier alpha value is -3.01. The monoisotopic (exact) mass is 539 g/mol. The van der Waals surface area contributed by atoms with Crippen molar-refractivity contribution in [3.8, 4) is 0 Å². The van der Waals surface area contributed by atoms with Gasteiger partial charge in [0.05, 0.1) is 17.4 Å². The van der Waals surface area contributed by atoms with Gasteiger partial charge in [0.15, 0.2) is 0 Å². The third-order valence-electron chi connectivity index (χ3n) is 5.80. The summed E-state index contributed by atoms with van der Waals surface area (Å²) >= 11 is 9.51. The van der Waals surface area contributed by atoms with Crippen LogP contribution in [-0.4, -0.2) is 57.0 Å². The van der Waals surface area contributed by atoms with Gasteiger partial charge >= 0.3 is 0 Å². The number of nitrogens with zero attached hydrogens (tertiary/aromatic N) is 6. The molecule has 5 rings (SSSR count). The Kier molecular flexibility index (Phi) is 6.75. The lowest BCUT2D eigenvalue weighted by Gasteiger charge is -2.36. The Balaban J connectivity index is 1.15. The summed E-state index contributed by atoms with van der Waals surface area (Å²) in [6.07, 6.45) is 3.68. The quantitative estimate of drug-likeness (QED) is 0.395. The summed E-state index contributed by atoms with van der Waals surface area (Å²) in [7, 11) is 0. The minimum atomic E-state index is -0.141. The third kappa shape index (κ3) is 5.38. The van der Waals surface area contributed by atoms with Gasteiger partial charge < -0.3 is 10.2 Å². The minimum absolute atomic E-state index is 0.121. The molecule has 1 fully saturated rings. The van der Waals surface area contributed by atoms with Crippen molar-refractivity contribution < 1.29 is 4.79 Å². The first-order valence-corrected chi connectivity index (χ1v) is 12.2. The van der Waals surface area contributed by atoms with Gasteiger partial charge in [-0.05, 0) is 48.5 Å². The number of fused-ring (bicyclic) bond motifs is 1. The second-order valence-electron chi connectivity index (χ2n) is 8.22. The maximum Gasteiger partial charge on any atom is 0.246 e. The lowest BCUT2D eigenvalue weighted by atomic mass is 10.1. The number of pyridine rings is 1. The zero-order valence-electron chi connectivity index (χ0n) is 18.4. The van der Waals surface area contributed by atoms with Crippen LogP contribution in [0.15, 0.2) is 65.4 Å². The van der Waals surface area contributed by atoms with Crippen LogP contribution in [0.4, 0.5) is 11.4 Å². The maximum atomic E-state index is 12.3. The number of rotatable bonds is 6. The zero-order valence-corrected chi connectivity index (χ0v) is 20.7. The number of carbonyl (C=O) groups is 1. The van der Waals surface area contributed by atoms with Crippen LogP contribution in [0.5, 0.6) is 0 Å². The number of carbonyl (C=O) groups excluding carboxylic acids is 1. The van der Waals surface area contributed by atoms with E-state index in [1.165, 1.54) is 5.69 Å². The highest BCUT2D eigenvalue weighted by molar-refractivity contribution is 9.10. The molecule has 0 atom stereocenters. The van der Waals surface area contributed by atoms with E-state index >= 15 is 0 Å². The number of benzene rings is 2. The molecule has 10 heteroatoms. The van der Waals surface area contributed by atoms with Crippen LogP contribution in [0, 0.1) is 0 Å². The smallest absolute Gasteiger partial charge is 0.246 e. The van der Waals surface area contributed by atoms with Crippen LogP contribution in [0.3, 0.4) is 0 Å². The Morgan fingerprint density at radius 2 is 1.85 bits per heavy atom. The highest BCUT2D eigenvalue weighted by Crippen LogP contribution is 2.28. The fraction of sp³-hybridized carbons (Fsp3) is 0.250. The maximum absolute atomic E-state index is 12.3. The highest BCUT2D eigenvalue weighted by Gasteiger charge is 2.20. The number of anilines is 2. The molecule has 0 spiro atoms. The van der Waals surface area contributed by atoms with Crippen molar-refractivity contribution >= 4 is 55.7 Å². The van der Waals surface area contributed by atoms with Gasteiger partial charge in [-0.15, -0.1) is 5.10 Å². The van der Waals surface area contributed by atoms with Crippen molar-refractivity contribution in [3.63, 3.8) is 0 Å². The van der Waals surface area contributed by atoms with Gasteiger partial charge in [0.2, 0.25) is 5.91 Å². The van der Waals surface area contributed by atoms with Crippen LogP contribution in [0.1, 0.15) is 5.69 Å². The predicted octanol–water partition coefficient (Wildman–Crippen LogP) is 4.20. The molecule has 34 heavy (non-hydrogen) atoms. The molecule has 1 aliphatic heterocycles. The minimum Gasteiger partial charge on any atom is -0.368 e. The largest absolute Gasteiger partial charge is 0.368 e. The molecule has 4 aromatic rings. The molecule has 1 saturated heterocycles. The van der Waals surface area contributed by atoms with Crippen molar-refractivity contribution in [1.82, 2.24) is 24.9 Å². The molecule has 0 radical (unpaired) electrons. The molecule has 0 saturated carbocycles. The molecule has 0 aliphatic carbocycles. The summed E-state index contributed by atoms with van der Waals surface area (Å²) < 4.78 is 2.54. The van der Waals surface area contributed by atoms with Gasteiger partial charge in [-0.1, -0.05) is 32.7 Å². The number of aromatic nitrogens is 4. The molecule has 2 aromatic carbocycles. The number of amides is 1. The van der Waals surface area contributed by atoms with Crippen molar-refractivity contribution in [3.05, 3.63) is 76.1 Å². The lowest BCUT2D eigenvalue weighted by molar-refractivity contribution is -0.116. The normalized spacial score (nSPS) is 14.5. The molecule has 1 aliphatic rings. The third-order valence-corrected chi connectivity index (χ3v) is 6.56. The standard InChI is InChI=1S/C24H23BrClN7O/c25-17-1-4-19(5-2-17)28-24(34)16-33-15-20(29-30-33)14-31-9-11-32(12-10-31)23-7-8-27-22-13-18(26)3-6-21(22)23/h1-8,13,15H,9-12,14,16H2,(H,28,34). The van der Waals surface area contributed by atoms with E-state index in [0.29, 0.717) is 11.6 Å². The van der Waals surface area contributed by atoms with E-state index in [1.54, 1.807) is 4.68 Å². The van der Waals surface area contributed by atoms with Gasteiger partial charge in [0, 0.05) is 65.2 Å². The van der Waals surface area contributed by atoms with E-state index in [0.717, 1.165) is 52.9 Å². The van der Waals surface area contributed by atoms with Crippen LogP contribution in [-0.2, 0) is 17.9 Å². The van der Waals surface area contributed by atoms with Crippen LogP contribution < -0.4 is 10.2 Å². The summed E-state index contributed by atoms with van der Waals surface area (Å²) in [6, 6.07) is 15.4. The molecule has 1 amide bonds. The topological polar surface area (TPSA) is 79.2 Å². The van der Waals surface area contributed by atoms with Crippen LogP contribution in [0.2, 0.25) is 5.02 Å². The van der Waals surface area contributed by atoms with Crippen LogP contribution in [0.25, 0.3) is 10.9 Å². The summed E-state index contributed by atoms with van der Waals surface area (Å²) in [6.45, 7) is 4.46. The number of halogens is 2. The first-order valence-electron chi connectivity index (χ1n) is 11.0. The number of nitrogens with one attached hydrogen (secondary N) is 1. The van der Waals surface area contributed by atoms with Gasteiger partial charge in [-0.25, -0.2) is 4.68 Å². The molecule has 3 heterocycles. The van der Waals surface area contributed by atoms with E-state index in [1.807, 2.05) is 54.9 Å². The van der Waals surface area contributed by atoms with Gasteiger partial charge in [-0.2, -0.15) is 0 Å².